The molecule has 1 nitrogen and oxygen atoms in total. The lowest BCUT2D eigenvalue weighted by Gasteiger charge is -2.16. The van der Waals surface area contributed by atoms with Crippen molar-refractivity contribution < 1.29 is 0 Å². The Balaban J connectivity index is 1.06. The van der Waals surface area contributed by atoms with Crippen LogP contribution in [0.2, 0.25) is 0 Å². The SMILES string of the molecule is c1ccc(-c2ccc(-c3cccc(-c4cc(-c5ccc6c7c(cccc57)-c5ccccc5-6)cc(-c5ccc6c7c(cccc57)-c5ccccc5-6)c4)c3)cc2)nc1. The van der Waals surface area contributed by atoms with Gasteiger partial charge in [0.05, 0.1) is 5.69 Å². The number of nitrogens with zero attached hydrogens (tertiary/aromatic N) is 1. The molecule has 10 aromatic rings. The highest BCUT2D eigenvalue weighted by Crippen LogP contribution is 2.52. The van der Waals surface area contributed by atoms with E-state index in [1.807, 2.05) is 18.3 Å². The Bertz CT molecular complexity index is 3010. The summed E-state index contributed by atoms with van der Waals surface area (Å²) in [6, 6.07) is 71.7. The summed E-state index contributed by atoms with van der Waals surface area (Å²) in [5.41, 5.74) is 22.3. The van der Waals surface area contributed by atoms with E-state index < -0.39 is 0 Å². The molecule has 2 aliphatic carbocycles. The van der Waals surface area contributed by atoms with Crippen molar-refractivity contribution in [2.75, 3.05) is 0 Å². The highest BCUT2D eigenvalue weighted by atomic mass is 14.7. The van der Waals surface area contributed by atoms with Crippen LogP contribution < -0.4 is 0 Å². The fourth-order valence-corrected chi connectivity index (χ4v) is 9.47. The van der Waals surface area contributed by atoms with Gasteiger partial charge >= 0.3 is 0 Å². The second kappa shape index (κ2) is 12.1. The van der Waals surface area contributed by atoms with Gasteiger partial charge in [0.2, 0.25) is 0 Å². The van der Waals surface area contributed by atoms with Gasteiger partial charge in [0.15, 0.2) is 0 Å². The van der Waals surface area contributed by atoms with Crippen LogP contribution >= 0.6 is 0 Å². The van der Waals surface area contributed by atoms with Gasteiger partial charge in [-0.2, -0.15) is 0 Å². The van der Waals surface area contributed by atoms with E-state index in [1.165, 1.54) is 111 Å². The van der Waals surface area contributed by atoms with Gasteiger partial charge in [-0.3, -0.25) is 4.98 Å². The molecule has 0 saturated carbocycles. The Hall–Kier alpha value is -7.35. The minimum Gasteiger partial charge on any atom is -0.256 e. The Morgan fingerprint density at radius 3 is 1.18 bits per heavy atom. The molecule has 0 spiro atoms. The maximum absolute atomic E-state index is 4.56. The van der Waals surface area contributed by atoms with Crippen molar-refractivity contribution in [1.82, 2.24) is 4.98 Å². The molecule has 0 aliphatic heterocycles. The van der Waals surface area contributed by atoms with Gasteiger partial charge in [-0.1, -0.05) is 158 Å². The van der Waals surface area contributed by atoms with Gasteiger partial charge in [0, 0.05) is 11.8 Å². The third-order valence-electron chi connectivity index (χ3n) is 12.0. The third-order valence-corrected chi connectivity index (χ3v) is 12.0. The molecule has 0 unspecified atom stereocenters. The van der Waals surface area contributed by atoms with Crippen molar-refractivity contribution in [3.63, 3.8) is 0 Å². The van der Waals surface area contributed by atoms with Crippen LogP contribution in [0.25, 0.3) is 122 Å². The first-order chi connectivity index (χ1) is 27.8. The summed E-state index contributed by atoms with van der Waals surface area (Å²) in [5, 5.41) is 5.27. The van der Waals surface area contributed by atoms with E-state index in [-0.39, 0.29) is 0 Å². The minimum atomic E-state index is 0.982. The summed E-state index contributed by atoms with van der Waals surface area (Å²) in [6.07, 6.45) is 1.85. The predicted molar refractivity (Wildman–Crippen MR) is 235 cm³/mol. The largest absolute Gasteiger partial charge is 0.256 e. The highest BCUT2D eigenvalue weighted by molar-refractivity contribution is 6.20. The molecule has 12 rings (SSSR count). The van der Waals surface area contributed by atoms with Crippen molar-refractivity contribution >= 4 is 21.5 Å². The van der Waals surface area contributed by atoms with Gasteiger partial charge in [-0.05, 0) is 147 Å². The fourth-order valence-electron chi connectivity index (χ4n) is 9.47. The molecule has 0 bridgehead atoms. The highest BCUT2D eigenvalue weighted by Gasteiger charge is 2.25. The molecule has 2 aliphatic rings. The van der Waals surface area contributed by atoms with E-state index in [1.54, 1.807) is 0 Å². The number of hydrogen-bond acceptors (Lipinski definition) is 1. The molecule has 9 aromatic carbocycles. The van der Waals surface area contributed by atoms with Crippen molar-refractivity contribution in [1.29, 1.82) is 0 Å². The average Bonchev–Trinajstić information content (AvgIpc) is 3.78. The van der Waals surface area contributed by atoms with E-state index in [4.69, 9.17) is 0 Å². The molecule has 258 valence electrons. The quantitative estimate of drug-likeness (QED) is 0.174. The monoisotopic (exact) mass is 707 g/mol. The molecule has 0 radical (unpaired) electrons. The van der Waals surface area contributed by atoms with Crippen molar-refractivity contribution in [3.05, 3.63) is 200 Å². The van der Waals surface area contributed by atoms with Crippen molar-refractivity contribution in [2.24, 2.45) is 0 Å². The predicted octanol–water partition coefficient (Wildman–Crippen LogP) is 15.0. The van der Waals surface area contributed by atoms with Gasteiger partial charge in [0.1, 0.15) is 0 Å². The Morgan fingerprint density at radius 1 is 0.232 bits per heavy atom. The number of pyridine rings is 1. The molecule has 0 N–H and O–H groups in total. The van der Waals surface area contributed by atoms with E-state index >= 15 is 0 Å². The lowest BCUT2D eigenvalue weighted by atomic mass is 9.87. The minimum absolute atomic E-state index is 0.982. The fraction of sp³-hybridized carbons (Fsp3) is 0. The summed E-state index contributed by atoms with van der Waals surface area (Å²) in [4.78, 5) is 4.56. The summed E-state index contributed by atoms with van der Waals surface area (Å²) < 4.78 is 0. The summed E-state index contributed by atoms with van der Waals surface area (Å²) in [5.74, 6) is 0. The second-order valence-corrected chi connectivity index (χ2v) is 15.0. The molecular formula is C55H33N. The van der Waals surface area contributed by atoms with E-state index in [0.29, 0.717) is 0 Å². The van der Waals surface area contributed by atoms with Crippen LogP contribution in [0.4, 0.5) is 0 Å². The topological polar surface area (TPSA) is 12.9 Å². The van der Waals surface area contributed by atoms with Crippen LogP contribution in [-0.4, -0.2) is 4.98 Å². The van der Waals surface area contributed by atoms with Crippen molar-refractivity contribution in [2.45, 2.75) is 0 Å². The van der Waals surface area contributed by atoms with E-state index in [2.05, 4.69) is 187 Å². The van der Waals surface area contributed by atoms with Gasteiger partial charge in [-0.15, -0.1) is 0 Å². The zero-order valence-electron chi connectivity index (χ0n) is 30.5. The summed E-state index contributed by atoms with van der Waals surface area (Å²) in [6.45, 7) is 0. The van der Waals surface area contributed by atoms with Crippen LogP contribution in [0.15, 0.2) is 200 Å². The lowest BCUT2D eigenvalue weighted by molar-refractivity contribution is 1.33. The molecule has 0 amide bonds. The number of aromatic nitrogens is 1. The first-order valence-corrected chi connectivity index (χ1v) is 19.4. The van der Waals surface area contributed by atoms with Crippen LogP contribution in [0.5, 0.6) is 0 Å². The smallest absolute Gasteiger partial charge is 0.0701 e. The van der Waals surface area contributed by atoms with Crippen molar-refractivity contribution in [3.8, 4) is 100 Å². The normalized spacial score (nSPS) is 11.9. The maximum Gasteiger partial charge on any atom is 0.0701 e. The van der Waals surface area contributed by atoms with E-state index in [9.17, 15) is 0 Å². The van der Waals surface area contributed by atoms with E-state index in [0.717, 1.165) is 11.3 Å². The Labute approximate surface area is 325 Å². The Morgan fingerprint density at radius 2 is 0.643 bits per heavy atom. The Kier molecular flexibility index (Phi) is 6.70. The zero-order valence-corrected chi connectivity index (χ0v) is 30.5. The van der Waals surface area contributed by atoms with Gasteiger partial charge < -0.3 is 0 Å². The summed E-state index contributed by atoms with van der Waals surface area (Å²) in [7, 11) is 0. The zero-order chi connectivity index (χ0) is 36.7. The molecule has 0 saturated heterocycles. The van der Waals surface area contributed by atoms with Crippen LogP contribution in [0.3, 0.4) is 0 Å². The molecule has 0 atom stereocenters. The number of benzene rings is 9. The summed E-state index contributed by atoms with van der Waals surface area (Å²) >= 11 is 0. The molecule has 56 heavy (non-hydrogen) atoms. The van der Waals surface area contributed by atoms with Crippen LogP contribution in [0.1, 0.15) is 0 Å². The second-order valence-electron chi connectivity index (χ2n) is 15.0. The third kappa shape index (κ3) is 4.65. The van der Waals surface area contributed by atoms with Crippen LogP contribution in [-0.2, 0) is 0 Å². The molecule has 0 fully saturated rings. The number of rotatable bonds is 5. The number of fused-ring (bicyclic) bond motifs is 6. The first kappa shape index (κ1) is 31.0. The van der Waals surface area contributed by atoms with Gasteiger partial charge in [0.25, 0.3) is 0 Å². The molecular weight excluding hydrogens is 675 g/mol. The standard InChI is InChI=1S/C55H33N/c1-3-14-45-43(12-1)49-18-8-16-47-41(25-27-51(45)54(47)49)39-31-38(37-11-7-10-36(30-37)34-21-23-35(24-22-34)53-20-5-6-29-56-53)32-40(33-39)42-26-28-52-46-15-4-2-13-44(46)50-19-9-17-48(42)55(50)52/h1-33H. The number of hydrogen-bond donors (Lipinski definition) is 0. The molecule has 1 heteroatoms. The molecule has 1 aromatic heterocycles. The van der Waals surface area contributed by atoms with Crippen LogP contribution in [0, 0.1) is 0 Å². The maximum atomic E-state index is 4.56. The van der Waals surface area contributed by atoms with Gasteiger partial charge in [-0.25, -0.2) is 0 Å². The first-order valence-electron chi connectivity index (χ1n) is 19.4. The average molecular weight is 708 g/mol. The molecule has 1 heterocycles. The lowest BCUT2D eigenvalue weighted by Crippen LogP contribution is -1.90.